The van der Waals surface area contributed by atoms with Crippen molar-refractivity contribution < 1.29 is 19.2 Å². The third-order valence-electron chi connectivity index (χ3n) is 1.27. The van der Waals surface area contributed by atoms with Crippen molar-refractivity contribution in [1.29, 1.82) is 0 Å². The third kappa shape index (κ3) is 2.25. The van der Waals surface area contributed by atoms with Gasteiger partial charge in [0, 0.05) is 36.9 Å². The van der Waals surface area contributed by atoms with Crippen LogP contribution in [0.4, 0.5) is 5.69 Å². The molecule has 0 spiro atoms. The van der Waals surface area contributed by atoms with Crippen LogP contribution in [0.1, 0.15) is 38.3 Å². The zero-order valence-corrected chi connectivity index (χ0v) is 7.91. The van der Waals surface area contributed by atoms with E-state index in [1.165, 1.54) is 0 Å². The van der Waals surface area contributed by atoms with Gasteiger partial charge in [-0.2, -0.15) is 0 Å². The highest BCUT2D eigenvalue weighted by Crippen LogP contribution is 2.21. The van der Waals surface area contributed by atoms with E-state index in [1.54, 1.807) is 0 Å². The van der Waals surface area contributed by atoms with Crippen LogP contribution >= 0.6 is 15.9 Å². The van der Waals surface area contributed by atoms with Crippen LogP contribution in [0.2, 0.25) is 0 Å². The maximum atomic E-state index is 8.07. The first kappa shape index (κ1) is 2.19. The van der Waals surface area contributed by atoms with Gasteiger partial charge in [-0.15, -0.1) is 0 Å². The molecule has 1 aliphatic heterocycles. The second-order valence-corrected chi connectivity index (χ2v) is 2.89. The number of halogens is 1. The van der Waals surface area contributed by atoms with E-state index >= 15 is 0 Å². The average Bonchev–Trinajstić information content (AvgIpc) is 2.52. The first-order valence-corrected chi connectivity index (χ1v) is 4.15. The van der Waals surface area contributed by atoms with Gasteiger partial charge in [0.2, 0.25) is 0 Å². The quantitative estimate of drug-likeness (QED) is 0.742. The Labute approximate surface area is 108 Å². The molecule has 0 aromatic heterocycles. The van der Waals surface area contributed by atoms with Crippen molar-refractivity contribution >= 4 is 21.6 Å². The number of hydrogen-bond acceptors (Lipinski definition) is 1. The van der Waals surface area contributed by atoms with Crippen molar-refractivity contribution in [3.8, 4) is 0 Å². The van der Waals surface area contributed by atoms with E-state index in [9.17, 15) is 0 Å². The summed E-state index contributed by atoms with van der Waals surface area (Å²) < 4.78 is 111. The SMILES string of the molecule is [2H]c1c([2H])c(N2C([2H])([2H])C([2H])([2H])C([2H])([2H])C([2H])([2H])C2([2H])[2H])c([2H])c([2H])c1Br. The Balaban J connectivity index is 3.01. The summed E-state index contributed by atoms with van der Waals surface area (Å²) in [6.07, 6.45) is -10.9. The minimum atomic E-state index is -3.63. The van der Waals surface area contributed by atoms with Crippen molar-refractivity contribution in [3.05, 3.63) is 28.6 Å². The lowest BCUT2D eigenvalue weighted by atomic mass is 10.1. The summed E-state index contributed by atoms with van der Waals surface area (Å²) in [5, 5.41) is 0. The molecule has 0 radical (unpaired) electrons. The molecule has 0 N–H and O–H groups in total. The number of hydrogen-bond donors (Lipinski definition) is 0. The molecule has 1 aromatic carbocycles. The van der Waals surface area contributed by atoms with Gasteiger partial charge in [0.25, 0.3) is 0 Å². The Morgan fingerprint density at radius 1 is 1.15 bits per heavy atom. The van der Waals surface area contributed by atoms with Crippen LogP contribution in [0, 0.1) is 0 Å². The Hall–Kier alpha value is -0.500. The Kier molecular flexibility index (Phi) is 0.696. The van der Waals surface area contributed by atoms with Gasteiger partial charge in [0.1, 0.15) is 0 Å². The molecule has 0 atom stereocenters. The zero-order chi connectivity index (χ0) is 21.5. The molecule has 2 heteroatoms. The first-order valence-electron chi connectivity index (χ1n) is 10.4. The van der Waals surface area contributed by atoms with E-state index in [-0.39, 0.29) is 9.37 Å². The van der Waals surface area contributed by atoms with Crippen molar-refractivity contribution in [3.63, 3.8) is 0 Å². The fourth-order valence-corrected chi connectivity index (χ4v) is 0.939. The molecular formula is C11H14BrN. The van der Waals surface area contributed by atoms with Gasteiger partial charge in [-0.1, -0.05) is 15.9 Å². The Bertz CT molecular complexity index is 744. The van der Waals surface area contributed by atoms with Crippen molar-refractivity contribution in [2.24, 2.45) is 0 Å². The summed E-state index contributed by atoms with van der Waals surface area (Å²) in [6, 6.07) is -3.26. The van der Waals surface area contributed by atoms with E-state index in [0.717, 1.165) is 0 Å². The highest BCUT2D eigenvalue weighted by Gasteiger charge is 2.09. The van der Waals surface area contributed by atoms with E-state index in [0.29, 0.717) is 0 Å². The average molecular weight is 254 g/mol. The predicted octanol–water partition coefficient (Wildman–Crippen LogP) is 3.44. The molecule has 0 bridgehead atoms. The van der Waals surface area contributed by atoms with Crippen molar-refractivity contribution in [2.75, 3.05) is 17.9 Å². The molecule has 13 heavy (non-hydrogen) atoms. The second-order valence-electron chi connectivity index (χ2n) is 2.10. The van der Waals surface area contributed by atoms with Gasteiger partial charge in [-0.3, -0.25) is 0 Å². The van der Waals surface area contributed by atoms with Gasteiger partial charge in [-0.05, 0) is 43.3 Å². The Morgan fingerprint density at radius 3 is 2.38 bits per heavy atom. The predicted molar refractivity (Wildman–Crippen MR) is 60.2 cm³/mol. The van der Waals surface area contributed by atoms with Crippen LogP contribution in [0.25, 0.3) is 0 Å². The highest BCUT2D eigenvalue weighted by atomic mass is 79.9. The van der Waals surface area contributed by atoms with E-state index in [4.69, 9.17) is 19.2 Å². The van der Waals surface area contributed by atoms with Crippen molar-refractivity contribution in [2.45, 2.75) is 19.1 Å². The number of benzene rings is 1. The largest absolute Gasteiger partial charge is 0.372 e. The van der Waals surface area contributed by atoms with Gasteiger partial charge in [0.05, 0.1) is 5.48 Å². The minimum absolute atomic E-state index is 0.158. The molecule has 2 rings (SSSR count). The van der Waals surface area contributed by atoms with E-state index in [1.807, 2.05) is 0 Å². The molecule has 0 saturated carbocycles. The standard InChI is InChI=1S/C11H14BrN/c12-10-4-6-11(7-5-10)13-8-2-1-3-9-13/h4-7H,1-3,8-9H2/i1D2,2D2,3D2,4D,5D,6D,7D,8D2,9D2. The minimum Gasteiger partial charge on any atom is -0.372 e. The fraction of sp³-hybridized carbons (Fsp3) is 0.455. The summed E-state index contributed by atoms with van der Waals surface area (Å²) in [4.78, 5) is -0.158. The van der Waals surface area contributed by atoms with Gasteiger partial charge in [0.15, 0.2) is 0 Å². The lowest BCUT2D eigenvalue weighted by Crippen LogP contribution is -2.29. The fourth-order valence-electron chi connectivity index (χ4n) is 0.741. The summed E-state index contributed by atoms with van der Waals surface area (Å²) in [5.41, 5.74) is -1.01. The van der Waals surface area contributed by atoms with Crippen LogP contribution in [-0.2, 0) is 0 Å². The van der Waals surface area contributed by atoms with Crippen LogP contribution in [0.5, 0.6) is 0 Å². The molecular weight excluding hydrogens is 226 g/mol. The van der Waals surface area contributed by atoms with Crippen LogP contribution < -0.4 is 4.90 Å². The van der Waals surface area contributed by atoms with Gasteiger partial charge in [-0.25, -0.2) is 0 Å². The molecule has 0 aliphatic carbocycles. The third-order valence-corrected chi connectivity index (χ3v) is 1.66. The van der Waals surface area contributed by atoms with Crippen LogP contribution in [0.3, 0.4) is 0 Å². The van der Waals surface area contributed by atoms with Gasteiger partial charge < -0.3 is 4.90 Å². The maximum Gasteiger partial charge on any atom is 0.0645 e. The van der Waals surface area contributed by atoms with Crippen molar-refractivity contribution in [1.82, 2.24) is 0 Å². The maximum absolute atomic E-state index is 8.07. The molecule has 1 aliphatic rings. The highest BCUT2D eigenvalue weighted by molar-refractivity contribution is 9.10. The monoisotopic (exact) mass is 253 g/mol. The summed E-state index contributed by atoms with van der Waals surface area (Å²) >= 11 is 2.83. The number of anilines is 1. The number of piperidine rings is 1. The number of rotatable bonds is 1. The second kappa shape index (κ2) is 4.14. The molecule has 0 unspecified atom stereocenters. The van der Waals surface area contributed by atoms with Crippen LogP contribution in [-0.4, -0.2) is 13.0 Å². The number of nitrogens with zero attached hydrogens (tertiary/aromatic N) is 1. The topological polar surface area (TPSA) is 3.24 Å². The molecule has 1 nitrogen and oxygen atoms in total. The van der Waals surface area contributed by atoms with Crippen LogP contribution in [0.15, 0.2) is 28.6 Å². The molecule has 70 valence electrons. The molecule has 0 amide bonds. The van der Waals surface area contributed by atoms with E-state index in [2.05, 4.69) is 15.9 Å². The Morgan fingerprint density at radius 2 is 1.77 bits per heavy atom. The van der Waals surface area contributed by atoms with Gasteiger partial charge >= 0.3 is 0 Å². The summed E-state index contributed by atoms with van der Waals surface area (Å²) in [5.74, 6) is 0. The lowest BCUT2D eigenvalue weighted by Gasteiger charge is -2.28. The first-order chi connectivity index (χ1) is 11.8. The lowest BCUT2D eigenvalue weighted by molar-refractivity contribution is 0.578. The smallest absolute Gasteiger partial charge is 0.0645 e. The van der Waals surface area contributed by atoms with E-state index < -0.39 is 62.0 Å². The normalized spacial score (nSPS) is 52.5. The molecule has 1 saturated heterocycles. The molecule has 1 heterocycles. The molecule has 1 aromatic rings. The summed E-state index contributed by atoms with van der Waals surface area (Å²) in [7, 11) is 0. The zero-order valence-electron chi connectivity index (χ0n) is 20.3. The summed E-state index contributed by atoms with van der Waals surface area (Å²) in [6.45, 7) is -7.13. The molecule has 1 fully saturated rings.